The highest BCUT2D eigenvalue weighted by atomic mass is 32.2. The van der Waals surface area contributed by atoms with Crippen LogP contribution >= 0.6 is 23.1 Å². The van der Waals surface area contributed by atoms with Gasteiger partial charge in [0.25, 0.3) is 0 Å². The molecular weight excluding hydrogens is 212 g/mol. The molecule has 2 rings (SSSR count). The maximum Gasteiger partial charge on any atom is 0.128 e. The summed E-state index contributed by atoms with van der Waals surface area (Å²) < 4.78 is 6.69. The third kappa shape index (κ3) is 1.41. The molecule has 0 saturated carbocycles. The largest absolute Gasteiger partial charge is 0.496 e. The topological polar surface area (TPSA) is 9.23 Å². The lowest BCUT2D eigenvalue weighted by Crippen LogP contribution is -1.83. The second kappa shape index (κ2) is 3.83. The zero-order valence-electron chi connectivity index (χ0n) is 8.46. The van der Waals surface area contributed by atoms with E-state index in [1.54, 1.807) is 18.9 Å². The first-order chi connectivity index (χ1) is 6.77. The van der Waals surface area contributed by atoms with Crippen molar-refractivity contribution in [2.75, 3.05) is 13.4 Å². The molecule has 1 aromatic carbocycles. The van der Waals surface area contributed by atoms with Gasteiger partial charge in [-0.1, -0.05) is 6.07 Å². The number of hydrogen-bond donors (Lipinski definition) is 0. The van der Waals surface area contributed by atoms with Crippen molar-refractivity contribution < 1.29 is 4.74 Å². The minimum absolute atomic E-state index is 0.983. The molecule has 0 unspecified atom stereocenters. The predicted octanol–water partition coefficient (Wildman–Crippen LogP) is 3.94. The number of ether oxygens (including phenoxy) is 1. The number of thiophene rings is 1. The second-order valence-corrected chi connectivity index (χ2v) is 5.10. The Kier molecular flexibility index (Phi) is 2.70. The number of fused-ring (bicyclic) bond motifs is 1. The number of rotatable bonds is 2. The lowest BCUT2D eigenvalue weighted by Gasteiger charge is -2.03. The van der Waals surface area contributed by atoms with Crippen molar-refractivity contribution in [2.45, 2.75) is 11.8 Å². The van der Waals surface area contributed by atoms with E-state index in [-0.39, 0.29) is 0 Å². The van der Waals surface area contributed by atoms with Gasteiger partial charge in [0.15, 0.2) is 0 Å². The van der Waals surface area contributed by atoms with Gasteiger partial charge in [-0.2, -0.15) is 0 Å². The third-order valence-corrected chi connectivity index (χ3v) is 4.34. The van der Waals surface area contributed by atoms with E-state index in [1.165, 1.54) is 19.9 Å². The van der Waals surface area contributed by atoms with E-state index in [9.17, 15) is 0 Å². The summed E-state index contributed by atoms with van der Waals surface area (Å²) in [6.07, 6.45) is 2.11. The summed E-state index contributed by atoms with van der Waals surface area (Å²) in [4.78, 5) is 2.72. The van der Waals surface area contributed by atoms with Gasteiger partial charge >= 0.3 is 0 Å². The summed E-state index contributed by atoms with van der Waals surface area (Å²) in [6, 6.07) is 6.21. The molecule has 3 heteroatoms. The standard InChI is InChI=1S/C11H12OS2/c1-7-11(13-3)10-8(12-2)5-4-6-9(10)14-7/h4-6H,1-3H3. The highest BCUT2D eigenvalue weighted by Crippen LogP contribution is 2.41. The molecule has 1 heterocycles. The highest BCUT2D eigenvalue weighted by Gasteiger charge is 2.11. The van der Waals surface area contributed by atoms with E-state index in [2.05, 4.69) is 19.2 Å². The van der Waals surface area contributed by atoms with Crippen LogP contribution in [0.3, 0.4) is 0 Å². The maximum atomic E-state index is 5.38. The van der Waals surface area contributed by atoms with Gasteiger partial charge in [-0.3, -0.25) is 0 Å². The fourth-order valence-corrected chi connectivity index (χ4v) is 3.74. The molecule has 0 aliphatic carbocycles. The number of hydrogen-bond acceptors (Lipinski definition) is 3. The molecule has 0 aliphatic rings. The molecule has 14 heavy (non-hydrogen) atoms. The average Bonchev–Trinajstić information content (AvgIpc) is 2.52. The molecule has 0 fully saturated rings. The van der Waals surface area contributed by atoms with E-state index in [0.29, 0.717) is 0 Å². The van der Waals surface area contributed by atoms with Crippen LogP contribution in [0.25, 0.3) is 10.1 Å². The lowest BCUT2D eigenvalue weighted by molar-refractivity contribution is 0.419. The Balaban J connectivity index is 2.82. The van der Waals surface area contributed by atoms with Crippen molar-refractivity contribution in [3.63, 3.8) is 0 Å². The summed E-state index contributed by atoms with van der Waals surface area (Å²) >= 11 is 3.62. The first-order valence-electron chi connectivity index (χ1n) is 4.38. The van der Waals surface area contributed by atoms with Crippen molar-refractivity contribution in [3.8, 4) is 5.75 Å². The SMILES string of the molecule is COc1cccc2sc(C)c(SC)c12. The molecule has 0 atom stereocenters. The van der Waals surface area contributed by atoms with Crippen molar-refractivity contribution in [1.29, 1.82) is 0 Å². The van der Waals surface area contributed by atoms with Crippen molar-refractivity contribution >= 4 is 33.2 Å². The van der Waals surface area contributed by atoms with E-state index >= 15 is 0 Å². The zero-order chi connectivity index (χ0) is 10.1. The minimum atomic E-state index is 0.983. The monoisotopic (exact) mass is 224 g/mol. The van der Waals surface area contributed by atoms with Gasteiger partial charge in [-0.15, -0.1) is 23.1 Å². The van der Waals surface area contributed by atoms with Crippen molar-refractivity contribution in [1.82, 2.24) is 0 Å². The van der Waals surface area contributed by atoms with Gasteiger partial charge < -0.3 is 4.74 Å². The molecule has 1 nitrogen and oxygen atoms in total. The van der Waals surface area contributed by atoms with E-state index < -0.39 is 0 Å². The molecule has 0 radical (unpaired) electrons. The Morgan fingerprint density at radius 1 is 1.36 bits per heavy atom. The lowest BCUT2D eigenvalue weighted by atomic mass is 10.2. The van der Waals surface area contributed by atoms with Gasteiger partial charge in [-0.25, -0.2) is 0 Å². The summed E-state index contributed by atoms with van der Waals surface area (Å²) in [5, 5.41) is 1.27. The number of thioether (sulfide) groups is 1. The molecule has 0 saturated heterocycles. The van der Waals surface area contributed by atoms with Crippen LogP contribution in [-0.4, -0.2) is 13.4 Å². The van der Waals surface area contributed by atoms with Crippen LogP contribution in [0.5, 0.6) is 5.75 Å². The number of methoxy groups -OCH3 is 1. The Hall–Kier alpha value is -0.670. The van der Waals surface area contributed by atoms with Crippen LogP contribution in [0.4, 0.5) is 0 Å². The quantitative estimate of drug-likeness (QED) is 0.715. The Labute approximate surface area is 92.1 Å². The molecule has 0 N–H and O–H groups in total. The van der Waals surface area contributed by atoms with Crippen LogP contribution in [0.2, 0.25) is 0 Å². The predicted molar refractivity (Wildman–Crippen MR) is 64.9 cm³/mol. The summed E-state index contributed by atoms with van der Waals surface area (Å²) in [5.74, 6) is 0.983. The maximum absolute atomic E-state index is 5.38. The first kappa shape index (κ1) is 9.87. The van der Waals surface area contributed by atoms with Gasteiger partial charge in [0, 0.05) is 19.9 Å². The van der Waals surface area contributed by atoms with Crippen LogP contribution in [0.1, 0.15) is 4.88 Å². The fourth-order valence-electron chi connectivity index (χ4n) is 1.62. The highest BCUT2D eigenvalue weighted by molar-refractivity contribution is 7.99. The van der Waals surface area contributed by atoms with Gasteiger partial charge in [0.1, 0.15) is 5.75 Å². The van der Waals surface area contributed by atoms with Crippen LogP contribution in [0.15, 0.2) is 23.1 Å². The minimum Gasteiger partial charge on any atom is -0.496 e. The molecule has 0 amide bonds. The Morgan fingerprint density at radius 3 is 2.79 bits per heavy atom. The van der Waals surface area contributed by atoms with Gasteiger partial charge in [0.05, 0.1) is 7.11 Å². The summed E-state index contributed by atoms with van der Waals surface area (Å²) in [7, 11) is 1.73. The summed E-state index contributed by atoms with van der Waals surface area (Å²) in [6.45, 7) is 2.16. The Morgan fingerprint density at radius 2 is 2.14 bits per heavy atom. The van der Waals surface area contributed by atoms with E-state index in [0.717, 1.165) is 5.75 Å². The van der Waals surface area contributed by atoms with Gasteiger partial charge in [0.2, 0.25) is 0 Å². The van der Waals surface area contributed by atoms with E-state index in [1.807, 2.05) is 23.5 Å². The molecular formula is C11H12OS2. The first-order valence-corrected chi connectivity index (χ1v) is 6.42. The second-order valence-electron chi connectivity index (χ2n) is 3.02. The van der Waals surface area contributed by atoms with Gasteiger partial charge in [-0.05, 0) is 25.3 Å². The molecule has 0 aliphatic heterocycles. The van der Waals surface area contributed by atoms with Crippen LogP contribution in [-0.2, 0) is 0 Å². The summed E-state index contributed by atoms with van der Waals surface area (Å²) in [5.41, 5.74) is 0. The number of benzene rings is 1. The number of aryl methyl sites for hydroxylation is 1. The molecule has 0 bridgehead atoms. The fraction of sp³-hybridized carbons (Fsp3) is 0.273. The molecule has 74 valence electrons. The smallest absolute Gasteiger partial charge is 0.128 e. The molecule has 1 aromatic heterocycles. The van der Waals surface area contributed by atoms with Crippen molar-refractivity contribution in [2.24, 2.45) is 0 Å². The Bertz CT molecular complexity index is 460. The third-order valence-electron chi connectivity index (χ3n) is 2.22. The average molecular weight is 224 g/mol. The van der Waals surface area contributed by atoms with Crippen LogP contribution < -0.4 is 4.74 Å². The van der Waals surface area contributed by atoms with Crippen molar-refractivity contribution in [3.05, 3.63) is 23.1 Å². The normalized spacial score (nSPS) is 10.8. The molecule has 2 aromatic rings. The van der Waals surface area contributed by atoms with Crippen LogP contribution in [0, 0.1) is 6.92 Å². The van der Waals surface area contributed by atoms with E-state index in [4.69, 9.17) is 4.74 Å². The molecule has 0 spiro atoms. The zero-order valence-corrected chi connectivity index (χ0v) is 10.1.